The van der Waals surface area contributed by atoms with Gasteiger partial charge in [-0.05, 0) is 37.6 Å². The number of benzene rings is 1. The number of nitrogens with zero attached hydrogens (tertiary/aromatic N) is 2. The van der Waals surface area contributed by atoms with Gasteiger partial charge in [-0.15, -0.1) is 5.10 Å². The van der Waals surface area contributed by atoms with Crippen LogP contribution in [-0.4, -0.2) is 40.0 Å². The molecule has 0 fully saturated rings. The Morgan fingerprint density at radius 3 is 2.77 bits per heavy atom. The number of aromatic amines is 1. The van der Waals surface area contributed by atoms with E-state index in [1.807, 2.05) is 38.1 Å². The van der Waals surface area contributed by atoms with E-state index in [0.717, 1.165) is 17.7 Å². The predicted molar refractivity (Wildman–Crippen MR) is 87.0 cm³/mol. The van der Waals surface area contributed by atoms with Gasteiger partial charge >= 0.3 is 0 Å². The van der Waals surface area contributed by atoms with Crippen molar-refractivity contribution in [1.29, 1.82) is 0 Å². The van der Waals surface area contributed by atoms with E-state index >= 15 is 0 Å². The minimum Gasteiger partial charge on any atom is -0.497 e. The van der Waals surface area contributed by atoms with Gasteiger partial charge in [0.1, 0.15) is 5.75 Å². The summed E-state index contributed by atoms with van der Waals surface area (Å²) in [5.41, 5.74) is 0.920. The Labute approximate surface area is 134 Å². The third kappa shape index (κ3) is 4.24. The molecule has 0 saturated carbocycles. The van der Waals surface area contributed by atoms with Crippen LogP contribution in [0.3, 0.4) is 0 Å². The molecule has 0 aliphatic carbocycles. The van der Waals surface area contributed by atoms with Crippen LogP contribution in [0.15, 0.2) is 29.4 Å². The highest BCUT2D eigenvalue weighted by Gasteiger charge is 2.16. The number of hydrogen-bond donors (Lipinski definition) is 2. The average molecular weight is 320 g/mol. The summed E-state index contributed by atoms with van der Waals surface area (Å²) < 4.78 is 5.13. The second-order valence-corrected chi connectivity index (χ2v) is 6.05. The zero-order valence-corrected chi connectivity index (χ0v) is 13.7. The van der Waals surface area contributed by atoms with Gasteiger partial charge in [0, 0.05) is 12.1 Å². The van der Waals surface area contributed by atoms with Gasteiger partial charge in [0.05, 0.1) is 12.4 Å². The summed E-state index contributed by atoms with van der Waals surface area (Å²) in [5.74, 6) is 1.47. The summed E-state index contributed by atoms with van der Waals surface area (Å²) in [5, 5.41) is 10.2. The number of aromatic nitrogens is 3. The summed E-state index contributed by atoms with van der Waals surface area (Å²) in [6, 6.07) is 7.55. The highest BCUT2D eigenvalue weighted by atomic mass is 32.2. The van der Waals surface area contributed by atoms with Crippen LogP contribution in [0.5, 0.6) is 5.75 Å². The van der Waals surface area contributed by atoms with Crippen molar-refractivity contribution in [3.63, 3.8) is 0 Å². The Bertz CT molecular complexity index is 612. The fourth-order valence-electron chi connectivity index (χ4n) is 1.78. The Morgan fingerprint density at radius 1 is 1.41 bits per heavy atom. The highest BCUT2D eigenvalue weighted by molar-refractivity contribution is 8.00. The summed E-state index contributed by atoms with van der Waals surface area (Å²) in [7, 11) is 1.63. The van der Waals surface area contributed by atoms with Gasteiger partial charge in [0.2, 0.25) is 11.1 Å². The van der Waals surface area contributed by atoms with Crippen molar-refractivity contribution in [2.24, 2.45) is 0 Å². The zero-order valence-electron chi connectivity index (χ0n) is 12.9. The largest absolute Gasteiger partial charge is 0.497 e. The van der Waals surface area contributed by atoms with Crippen LogP contribution in [0.4, 0.5) is 0 Å². The minimum atomic E-state index is -0.230. The van der Waals surface area contributed by atoms with Crippen molar-refractivity contribution in [2.75, 3.05) is 13.7 Å². The summed E-state index contributed by atoms with van der Waals surface area (Å²) in [6.07, 6.45) is 0.922. The first kappa shape index (κ1) is 16.4. The fraction of sp³-hybridized carbons (Fsp3) is 0.400. The molecule has 7 heteroatoms. The van der Waals surface area contributed by atoms with E-state index in [9.17, 15) is 4.79 Å². The predicted octanol–water partition coefficient (Wildman–Crippen LogP) is 2.49. The number of H-pyrrole nitrogens is 1. The lowest BCUT2D eigenvalue weighted by Crippen LogP contribution is -2.31. The number of hydrogen-bond acceptors (Lipinski definition) is 5. The molecule has 1 aromatic carbocycles. The zero-order chi connectivity index (χ0) is 15.9. The quantitative estimate of drug-likeness (QED) is 0.766. The van der Waals surface area contributed by atoms with Gasteiger partial charge in [0.15, 0.2) is 5.82 Å². The standard InChI is InChI=1S/C15H20N4O2S/c1-4-9-16-14(20)10(2)22-15-17-13(18-19-15)11-5-7-12(21-3)8-6-11/h5-8,10H,4,9H2,1-3H3,(H,16,20)(H,17,18,19)/t10-/m1/s1. The lowest BCUT2D eigenvalue weighted by Gasteiger charge is -2.08. The van der Waals surface area contributed by atoms with Gasteiger partial charge in [0.25, 0.3) is 0 Å². The first-order chi connectivity index (χ1) is 10.6. The van der Waals surface area contributed by atoms with Crippen LogP contribution in [0, 0.1) is 0 Å². The van der Waals surface area contributed by atoms with Gasteiger partial charge in [-0.3, -0.25) is 9.89 Å². The monoisotopic (exact) mass is 320 g/mol. The van der Waals surface area contributed by atoms with Gasteiger partial charge in [-0.25, -0.2) is 4.98 Å². The van der Waals surface area contributed by atoms with Gasteiger partial charge in [-0.1, -0.05) is 18.7 Å². The van der Waals surface area contributed by atoms with Crippen LogP contribution in [0.1, 0.15) is 20.3 Å². The Morgan fingerprint density at radius 2 is 2.14 bits per heavy atom. The molecule has 1 heterocycles. The van der Waals surface area contributed by atoms with Crippen molar-refractivity contribution in [3.05, 3.63) is 24.3 Å². The smallest absolute Gasteiger partial charge is 0.233 e. The van der Waals surface area contributed by atoms with Crippen LogP contribution in [0.25, 0.3) is 11.4 Å². The molecule has 2 N–H and O–H groups in total. The highest BCUT2D eigenvalue weighted by Crippen LogP contribution is 2.24. The van der Waals surface area contributed by atoms with Crippen LogP contribution in [0.2, 0.25) is 0 Å². The maximum atomic E-state index is 11.8. The molecule has 0 saturated heterocycles. The van der Waals surface area contributed by atoms with Crippen LogP contribution >= 0.6 is 11.8 Å². The second-order valence-electron chi connectivity index (χ2n) is 4.75. The van der Waals surface area contributed by atoms with Crippen molar-refractivity contribution in [2.45, 2.75) is 30.7 Å². The van der Waals surface area contributed by atoms with E-state index in [-0.39, 0.29) is 11.2 Å². The van der Waals surface area contributed by atoms with E-state index in [1.165, 1.54) is 11.8 Å². The number of ether oxygens (including phenoxy) is 1. The molecule has 0 aliphatic heterocycles. The van der Waals surface area contributed by atoms with E-state index < -0.39 is 0 Å². The molecule has 1 atom stereocenters. The third-order valence-electron chi connectivity index (χ3n) is 3.03. The SMILES string of the molecule is CCCNC(=O)[C@@H](C)Sc1n[nH]c(-c2ccc(OC)cc2)n1. The van der Waals surface area contributed by atoms with Crippen molar-refractivity contribution >= 4 is 17.7 Å². The molecule has 0 unspecified atom stereocenters. The summed E-state index contributed by atoms with van der Waals surface area (Å²) in [4.78, 5) is 16.3. The number of thioether (sulfide) groups is 1. The topological polar surface area (TPSA) is 79.9 Å². The molecule has 118 valence electrons. The van der Waals surface area contributed by atoms with E-state index in [4.69, 9.17) is 4.74 Å². The van der Waals surface area contributed by atoms with Crippen LogP contribution < -0.4 is 10.1 Å². The molecule has 6 nitrogen and oxygen atoms in total. The number of rotatable bonds is 7. The Hall–Kier alpha value is -2.02. The number of carbonyl (C=O) groups excluding carboxylic acids is 1. The maximum absolute atomic E-state index is 11.8. The molecule has 22 heavy (non-hydrogen) atoms. The minimum absolute atomic E-state index is 0.00245. The number of carbonyl (C=O) groups is 1. The molecule has 0 radical (unpaired) electrons. The first-order valence-corrected chi connectivity index (χ1v) is 8.03. The Kier molecular flexibility index (Phi) is 5.83. The normalized spacial score (nSPS) is 12.0. The van der Waals surface area contributed by atoms with Gasteiger partial charge in [-0.2, -0.15) is 0 Å². The van der Waals surface area contributed by atoms with Crippen LogP contribution in [-0.2, 0) is 4.79 Å². The molecule has 1 aromatic heterocycles. The maximum Gasteiger partial charge on any atom is 0.233 e. The van der Waals surface area contributed by atoms with Crippen molar-refractivity contribution in [1.82, 2.24) is 20.5 Å². The second kappa shape index (κ2) is 7.84. The molecular weight excluding hydrogens is 300 g/mol. The van der Waals surface area contributed by atoms with Crippen molar-refractivity contribution < 1.29 is 9.53 Å². The lowest BCUT2D eigenvalue weighted by atomic mass is 10.2. The number of methoxy groups -OCH3 is 1. The van der Waals surface area contributed by atoms with Crippen molar-refractivity contribution in [3.8, 4) is 17.1 Å². The molecule has 2 aromatic rings. The Balaban J connectivity index is 2.00. The third-order valence-corrected chi connectivity index (χ3v) is 3.99. The molecule has 0 spiro atoms. The first-order valence-electron chi connectivity index (χ1n) is 7.15. The summed E-state index contributed by atoms with van der Waals surface area (Å²) in [6.45, 7) is 4.56. The number of amides is 1. The van der Waals surface area contributed by atoms with E-state index in [2.05, 4.69) is 20.5 Å². The molecule has 0 aliphatic rings. The van der Waals surface area contributed by atoms with E-state index in [0.29, 0.717) is 17.5 Å². The molecule has 2 rings (SSSR count). The fourth-order valence-corrected chi connectivity index (χ4v) is 2.53. The lowest BCUT2D eigenvalue weighted by molar-refractivity contribution is -0.120. The van der Waals surface area contributed by atoms with Gasteiger partial charge < -0.3 is 10.1 Å². The summed E-state index contributed by atoms with van der Waals surface area (Å²) >= 11 is 1.34. The molecule has 0 bridgehead atoms. The average Bonchev–Trinajstić information content (AvgIpc) is 3.01. The molecule has 1 amide bonds. The molecular formula is C15H20N4O2S. The van der Waals surface area contributed by atoms with E-state index in [1.54, 1.807) is 7.11 Å². The number of nitrogens with one attached hydrogen (secondary N) is 2.